The Morgan fingerprint density at radius 2 is 2.06 bits per heavy atom. The van der Waals surface area contributed by atoms with Gasteiger partial charge < -0.3 is 4.98 Å². The van der Waals surface area contributed by atoms with E-state index in [4.69, 9.17) is 12.2 Å². The van der Waals surface area contributed by atoms with Crippen LogP contribution in [0.5, 0.6) is 0 Å². The molecule has 0 bridgehead atoms. The molecule has 1 heterocycles. The van der Waals surface area contributed by atoms with Gasteiger partial charge in [0.15, 0.2) is 0 Å². The highest BCUT2D eigenvalue weighted by atomic mass is 32.1. The molecule has 2 aromatic rings. The summed E-state index contributed by atoms with van der Waals surface area (Å²) < 4.78 is 13.7. The average Bonchev–Trinajstić information content (AvgIpc) is 2.33. The second-order valence-corrected chi connectivity index (χ2v) is 4.48. The fraction of sp³-hybridized carbons (Fsp3) is 0.143. The maximum absolute atomic E-state index is 13.3. The first kappa shape index (κ1) is 12.5. The number of aryl methyl sites for hydroxylation is 1. The Hall–Kier alpha value is -1.99. The number of hydrogen-bond acceptors (Lipinski definition) is 2. The molecule has 0 aliphatic carbocycles. The third-order valence-electron chi connectivity index (χ3n) is 2.94. The van der Waals surface area contributed by atoms with Crippen LogP contribution in [0.1, 0.15) is 16.8 Å². The lowest BCUT2D eigenvalue weighted by molar-refractivity contribution is 0.628. The van der Waals surface area contributed by atoms with Crippen molar-refractivity contribution >= 4 is 12.2 Å². The Morgan fingerprint density at radius 3 is 2.67 bits per heavy atom. The van der Waals surface area contributed by atoms with Crippen LogP contribution in [0, 0.1) is 35.6 Å². The Balaban J connectivity index is 2.86. The predicted molar refractivity (Wildman–Crippen MR) is 71.2 cm³/mol. The smallest absolute Gasteiger partial charge is 0.123 e. The molecule has 4 heteroatoms. The number of hydrogen-bond donors (Lipinski definition) is 1. The van der Waals surface area contributed by atoms with E-state index < -0.39 is 0 Å². The Labute approximate surface area is 110 Å². The Bertz CT molecular complexity index is 711. The van der Waals surface area contributed by atoms with Crippen molar-refractivity contribution in [2.24, 2.45) is 0 Å². The standard InChI is InChI=1S/C14H11FN2S/c1-8-9(2)17-14(18)12(7-16)13(8)10-4-3-5-11(15)6-10/h3-6H,1-2H3,(H,17,18). The monoisotopic (exact) mass is 258 g/mol. The van der Waals surface area contributed by atoms with E-state index in [-0.39, 0.29) is 5.82 Å². The van der Waals surface area contributed by atoms with E-state index in [1.807, 2.05) is 13.8 Å². The van der Waals surface area contributed by atoms with Gasteiger partial charge in [-0.3, -0.25) is 0 Å². The van der Waals surface area contributed by atoms with Gasteiger partial charge in [-0.25, -0.2) is 4.39 Å². The molecule has 0 saturated carbocycles. The maximum atomic E-state index is 13.3. The van der Waals surface area contributed by atoms with Crippen LogP contribution in [0.15, 0.2) is 24.3 Å². The van der Waals surface area contributed by atoms with E-state index in [2.05, 4.69) is 11.1 Å². The minimum Gasteiger partial charge on any atom is -0.349 e. The maximum Gasteiger partial charge on any atom is 0.123 e. The highest BCUT2D eigenvalue weighted by molar-refractivity contribution is 7.71. The third-order valence-corrected chi connectivity index (χ3v) is 3.25. The molecule has 1 N–H and O–H groups in total. The van der Waals surface area contributed by atoms with Crippen LogP contribution in [0.4, 0.5) is 4.39 Å². The van der Waals surface area contributed by atoms with E-state index in [9.17, 15) is 9.65 Å². The largest absolute Gasteiger partial charge is 0.349 e. The highest BCUT2D eigenvalue weighted by Gasteiger charge is 2.13. The number of pyridine rings is 1. The van der Waals surface area contributed by atoms with Gasteiger partial charge in [0.2, 0.25) is 0 Å². The quantitative estimate of drug-likeness (QED) is 0.784. The van der Waals surface area contributed by atoms with Crippen molar-refractivity contribution in [2.75, 3.05) is 0 Å². The van der Waals surface area contributed by atoms with E-state index in [0.29, 0.717) is 21.3 Å². The molecule has 1 aromatic carbocycles. The number of rotatable bonds is 1. The summed E-state index contributed by atoms with van der Waals surface area (Å²) in [7, 11) is 0. The van der Waals surface area contributed by atoms with Crippen molar-refractivity contribution in [1.82, 2.24) is 4.98 Å². The lowest BCUT2D eigenvalue weighted by Gasteiger charge is -2.11. The molecule has 2 nitrogen and oxygen atoms in total. The Morgan fingerprint density at radius 1 is 1.33 bits per heavy atom. The van der Waals surface area contributed by atoms with Crippen molar-refractivity contribution in [3.8, 4) is 17.2 Å². The molecule has 90 valence electrons. The molecule has 0 aliphatic heterocycles. The zero-order chi connectivity index (χ0) is 13.3. The predicted octanol–water partition coefficient (Wildman–Crippen LogP) is 4.04. The summed E-state index contributed by atoms with van der Waals surface area (Å²) in [4.78, 5) is 2.98. The second kappa shape index (κ2) is 4.71. The number of halogens is 1. The molecule has 0 saturated heterocycles. The van der Waals surface area contributed by atoms with Gasteiger partial charge in [0.25, 0.3) is 0 Å². The van der Waals surface area contributed by atoms with Gasteiger partial charge in [-0.05, 0) is 37.1 Å². The molecule has 0 atom stereocenters. The molecule has 0 fully saturated rings. The highest BCUT2D eigenvalue weighted by Crippen LogP contribution is 2.29. The van der Waals surface area contributed by atoms with E-state index in [1.165, 1.54) is 12.1 Å². The number of aromatic amines is 1. The molecule has 18 heavy (non-hydrogen) atoms. The van der Waals surface area contributed by atoms with Crippen LogP contribution < -0.4 is 0 Å². The van der Waals surface area contributed by atoms with E-state index in [0.717, 1.165) is 11.3 Å². The van der Waals surface area contributed by atoms with Gasteiger partial charge in [-0.1, -0.05) is 24.4 Å². The van der Waals surface area contributed by atoms with E-state index >= 15 is 0 Å². The van der Waals surface area contributed by atoms with Crippen molar-refractivity contribution in [3.63, 3.8) is 0 Å². The molecule has 2 rings (SSSR count). The summed E-state index contributed by atoms with van der Waals surface area (Å²) in [6.45, 7) is 3.77. The number of nitriles is 1. The number of nitrogens with zero attached hydrogens (tertiary/aromatic N) is 1. The lowest BCUT2D eigenvalue weighted by atomic mass is 9.96. The van der Waals surface area contributed by atoms with Gasteiger partial charge in [-0.15, -0.1) is 0 Å². The molecule has 1 aromatic heterocycles. The molecule has 0 radical (unpaired) electrons. The topological polar surface area (TPSA) is 39.6 Å². The second-order valence-electron chi connectivity index (χ2n) is 4.08. The number of aromatic nitrogens is 1. The summed E-state index contributed by atoms with van der Waals surface area (Å²) in [5.41, 5.74) is 3.56. The van der Waals surface area contributed by atoms with Gasteiger partial charge >= 0.3 is 0 Å². The molecule has 0 aliphatic rings. The summed E-state index contributed by atoms with van der Waals surface area (Å²) in [6, 6.07) is 8.29. The Kier molecular flexibility index (Phi) is 3.26. The number of H-pyrrole nitrogens is 1. The first-order valence-electron chi connectivity index (χ1n) is 5.44. The van der Waals surface area contributed by atoms with Gasteiger partial charge in [0.1, 0.15) is 16.5 Å². The van der Waals surface area contributed by atoms with Crippen LogP contribution in [0.3, 0.4) is 0 Å². The number of benzene rings is 1. The average molecular weight is 258 g/mol. The van der Waals surface area contributed by atoms with Gasteiger partial charge in [0, 0.05) is 11.3 Å². The van der Waals surface area contributed by atoms with Gasteiger partial charge in [-0.2, -0.15) is 5.26 Å². The van der Waals surface area contributed by atoms with E-state index in [1.54, 1.807) is 12.1 Å². The lowest BCUT2D eigenvalue weighted by Crippen LogP contribution is -1.97. The first-order chi connectivity index (χ1) is 8.54. The van der Waals surface area contributed by atoms with Crippen LogP contribution in [-0.4, -0.2) is 4.98 Å². The minimum atomic E-state index is -0.327. The van der Waals surface area contributed by atoms with Crippen LogP contribution in [0.25, 0.3) is 11.1 Å². The zero-order valence-electron chi connectivity index (χ0n) is 10.0. The summed E-state index contributed by atoms with van der Waals surface area (Å²) in [6.07, 6.45) is 0. The van der Waals surface area contributed by atoms with Gasteiger partial charge in [0.05, 0.1) is 5.56 Å². The third kappa shape index (κ3) is 2.05. The summed E-state index contributed by atoms with van der Waals surface area (Å²) in [5, 5.41) is 9.21. The normalized spacial score (nSPS) is 10.1. The molecule has 0 spiro atoms. The summed E-state index contributed by atoms with van der Waals surface area (Å²) in [5.74, 6) is -0.327. The zero-order valence-corrected chi connectivity index (χ0v) is 10.9. The summed E-state index contributed by atoms with van der Waals surface area (Å²) >= 11 is 5.15. The van der Waals surface area contributed by atoms with Crippen LogP contribution in [0.2, 0.25) is 0 Å². The SMILES string of the molecule is Cc1[nH]c(=S)c(C#N)c(-c2cccc(F)c2)c1C. The van der Waals surface area contributed by atoms with Crippen LogP contribution in [-0.2, 0) is 0 Å². The minimum absolute atomic E-state index is 0.327. The van der Waals surface area contributed by atoms with Crippen LogP contribution >= 0.6 is 12.2 Å². The van der Waals surface area contributed by atoms with Crippen molar-refractivity contribution in [1.29, 1.82) is 5.26 Å². The molecule has 0 unspecified atom stereocenters. The fourth-order valence-electron chi connectivity index (χ4n) is 1.93. The molecule has 0 amide bonds. The van der Waals surface area contributed by atoms with Crippen molar-refractivity contribution < 1.29 is 4.39 Å². The van der Waals surface area contributed by atoms with Crippen molar-refractivity contribution in [2.45, 2.75) is 13.8 Å². The molecular weight excluding hydrogens is 247 g/mol. The number of nitrogens with one attached hydrogen (secondary N) is 1. The van der Waals surface area contributed by atoms with Crippen molar-refractivity contribution in [3.05, 3.63) is 51.5 Å². The fourth-order valence-corrected chi connectivity index (χ4v) is 2.23. The molecular formula is C14H11FN2S. The first-order valence-corrected chi connectivity index (χ1v) is 5.85.